The molecule has 0 bridgehead atoms. The quantitative estimate of drug-likeness (QED) is 0.787. The van der Waals surface area contributed by atoms with E-state index in [1.54, 1.807) is 12.1 Å². The van der Waals surface area contributed by atoms with Gasteiger partial charge in [0.05, 0.1) is 17.5 Å². The van der Waals surface area contributed by atoms with Crippen LogP contribution in [-0.4, -0.2) is 16.9 Å². The molecule has 2 fully saturated rings. The summed E-state index contributed by atoms with van der Waals surface area (Å²) >= 11 is 0. The molecule has 3 atom stereocenters. The minimum Gasteiger partial charge on any atom is -0.508 e. The van der Waals surface area contributed by atoms with Crippen LogP contribution in [0.5, 0.6) is 5.75 Å². The molecule has 1 aromatic rings. The number of aromatic hydroxyl groups is 1. The summed E-state index contributed by atoms with van der Waals surface area (Å²) in [6, 6.07) is 6.34. The summed E-state index contributed by atoms with van der Waals surface area (Å²) in [5, 5.41) is 9.50. The van der Waals surface area contributed by atoms with Gasteiger partial charge in [0.2, 0.25) is 11.8 Å². The van der Waals surface area contributed by atoms with Gasteiger partial charge in [0, 0.05) is 6.07 Å². The number of imide groups is 1. The first-order valence-corrected chi connectivity index (χ1v) is 6.75. The zero-order chi connectivity index (χ0) is 13.6. The van der Waals surface area contributed by atoms with E-state index in [1.807, 2.05) is 0 Å². The summed E-state index contributed by atoms with van der Waals surface area (Å²) in [7, 11) is 0. The van der Waals surface area contributed by atoms with Crippen molar-refractivity contribution < 1.29 is 14.7 Å². The van der Waals surface area contributed by atoms with Crippen molar-refractivity contribution in [2.75, 3.05) is 4.90 Å². The van der Waals surface area contributed by atoms with E-state index in [0.29, 0.717) is 11.6 Å². The lowest BCUT2D eigenvalue weighted by Crippen LogP contribution is -2.30. The van der Waals surface area contributed by atoms with Gasteiger partial charge in [0.1, 0.15) is 5.75 Å². The van der Waals surface area contributed by atoms with Crippen LogP contribution >= 0.6 is 0 Å². The first-order chi connectivity index (χ1) is 9.08. The van der Waals surface area contributed by atoms with E-state index in [0.717, 1.165) is 19.3 Å². The van der Waals surface area contributed by atoms with E-state index in [2.05, 4.69) is 6.92 Å². The summed E-state index contributed by atoms with van der Waals surface area (Å²) in [4.78, 5) is 26.1. The van der Waals surface area contributed by atoms with Crippen molar-refractivity contribution in [1.82, 2.24) is 0 Å². The van der Waals surface area contributed by atoms with Gasteiger partial charge in [0.15, 0.2) is 0 Å². The molecule has 1 N–H and O–H groups in total. The van der Waals surface area contributed by atoms with Gasteiger partial charge in [-0.25, -0.2) is 4.90 Å². The molecule has 0 aromatic heterocycles. The van der Waals surface area contributed by atoms with E-state index < -0.39 is 0 Å². The number of hydrogen-bond acceptors (Lipinski definition) is 3. The van der Waals surface area contributed by atoms with Crippen LogP contribution in [0, 0.1) is 17.8 Å². The van der Waals surface area contributed by atoms with Gasteiger partial charge in [-0.2, -0.15) is 0 Å². The van der Waals surface area contributed by atoms with E-state index in [4.69, 9.17) is 0 Å². The largest absolute Gasteiger partial charge is 0.508 e. The number of nitrogens with zero attached hydrogens (tertiary/aromatic N) is 1. The van der Waals surface area contributed by atoms with Crippen molar-refractivity contribution in [3.63, 3.8) is 0 Å². The standard InChI is InChI=1S/C15H17NO3/c1-9-5-6-12-13(7-9)15(19)16(14(12)18)10-3-2-4-11(17)8-10/h2-4,8-9,12-13,17H,5-7H2,1H3/t9-,12+,13-/m1/s1. The normalized spacial score (nSPS) is 30.6. The average Bonchev–Trinajstić information content (AvgIpc) is 2.61. The van der Waals surface area contributed by atoms with Crippen LogP contribution in [-0.2, 0) is 9.59 Å². The van der Waals surface area contributed by atoms with Crippen molar-refractivity contribution in [3.05, 3.63) is 24.3 Å². The summed E-state index contributed by atoms with van der Waals surface area (Å²) in [5.41, 5.74) is 0.483. The molecule has 1 aliphatic heterocycles. The van der Waals surface area contributed by atoms with E-state index >= 15 is 0 Å². The fourth-order valence-corrected chi connectivity index (χ4v) is 3.28. The van der Waals surface area contributed by atoms with Gasteiger partial charge in [-0.1, -0.05) is 13.0 Å². The zero-order valence-electron chi connectivity index (χ0n) is 10.9. The highest BCUT2D eigenvalue weighted by molar-refractivity contribution is 6.22. The van der Waals surface area contributed by atoms with E-state index in [9.17, 15) is 14.7 Å². The molecule has 0 unspecified atom stereocenters. The number of carbonyl (C=O) groups excluding carboxylic acids is 2. The topological polar surface area (TPSA) is 57.6 Å². The molecule has 0 spiro atoms. The molecular formula is C15H17NO3. The van der Waals surface area contributed by atoms with Crippen molar-refractivity contribution in [3.8, 4) is 5.75 Å². The van der Waals surface area contributed by atoms with Crippen LogP contribution in [0.25, 0.3) is 0 Å². The molecule has 0 radical (unpaired) electrons. The molecule has 1 heterocycles. The lowest BCUT2D eigenvalue weighted by molar-refractivity contribution is -0.122. The van der Waals surface area contributed by atoms with Crippen LogP contribution in [0.15, 0.2) is 24.3 Å². The highest BCUT2D eigenvalue weighted by Crippen LogP contribution is 2.42. The molecule has 1 saturated heterocycles. The SMILES string of the molecule is C[C@@H]1CC[C@@H]2C(=O)N(c3cccc(O)c3)C(=O)[C@@H]2C1. The van der Waals surface area contributed by atoms with Gasteiger partial charge in [-0.15, -0.1) is 0 Å². The Labute approximate surface area is 112 Å². The Morgan fingerprint density at radius 3 is 2.63 bits per heavy atom. The molecule has 2 aliphatic rings. The third-order valence-electron chi connectivity index (χ3n) is 4.28. The van der Waals surface area contributed by atoms with Gasteiger partial charge in [0.25, 0.3) is 0 Å². The monoisotopic (exact) mass is 259 g/mol. The highest BCUT2D eigenvalue weighted by atomic mass is 16.3. The second-order valence-electron chi connectivity index (χ2n) is 5.66. The molecule has 1 aromatic carbocycles. The van der Waals surface area contributed by atoms with Crippen LogP contribution in [0.3, 0.4) is 0 Å². The fraction of sp³-hybridized carbons (Fsp3) is 0.467. The van der Waals surface area contributed by atoms with E-state index in [1.165, 1.54) is 17.0 Å². The van der Waals surface area contributed by atoms with Crippen LogP contribution in [0.2, 0.25) is 0 Å². The Morgan fingerprint density at radius 1 is 1.16 bits per heavy atom. The number of phenols is 1. The first kappa shape index (κ1) is 12.2. The van der Waals surface area contributed by atoms with Gasteiger partial charge < -0.3 is 5.11 Å². The molecule has 4 heteroatoms. The van der Waals surface area contributed by atoms with Crippen LogP contribution < -0.4 is 4.90 Å². The Balaban J connectivity index is 1.95. The minimum absolute atomic E-state index is 0.0707. The second-order valence-corrected chi connectivity index (χ2v) is 5.66. The fourth-order valence-electron chi connectivity index (χ4n) is 3.28. The highest BCUT2D eigenvalue weighted by Gasteiger charge is 2.49. The number of amides is 2. The Bertz CT molecular complexity index is 540. The van der Waals surface area contributed by atoms with Gasteiger partial charge in [-0.3, -0.25) is 9.59 Å². The third-order valence-corrected chi connectivity index (χ3v) is 4.28. The maximum Gasteiger partial charge on any atom is 0.237 e. The lowest BCUT2D eigenvalue weighted by atomic mass is 9.76. The van der Waals surface area contributed by atoms with Crippen molar-refractivity contribution in [1.29, 1.82) is 0 Å². The summed E-state index contributed by atoms with van der Waals surface area (Å²) in [6.07, 6.45) is 2.60. The molecule has 4 nitrogen and oxygen atoms in total. The minimum atomic E-state index is -0.168. The van der Waals surface area contributed by atoms with Gasteiger partial charge >= 0.3 is 0 Å². The molecular weight excluding hydrogens is 242 g/mol. The predicted molar refractivity (Wildman–Crippen MR) is 70.6 cm³/mol. The van der Waals surface area contributed by atoms with Crippen LogP contribution in [0.4, 0.5) is 5.69 Å². The number of anilines is 1. The summed E-state index contributed by atoms with van der Waals surface area (Å²) < 4.78 is 0. The Hall–Kier alpha value is -1.84. The average molecular weight is 259 g/mol. The van der Waals surface area contributed by atoms with Gasteiger partial charge in [-0.05, 0) is 37.3 Å². The van der Waals surface area contributed by atoms with Crippen LogP contribution in [0.1, 0.15) is 26.2 Å². The molecule has 3 rings (SSSR count). The Kier molecular flexibility index (Phi) is 2.81. The van der Waals surface area contributed by atoms with Crippen molar-refractivity contribution >= 4 is 17.5 Å². The Morgan fingerprint density at radius 2 is 1.89 bits per heavy atom. The number of fused-ring (bicyclic) bond motifs is 1. The molecule has 2 amide bonds. The number of hydrogen-bond donors (Lipinski definition) is 1. The summed E-state index contributed by atoms with van der Waals surface area (Å²) in [5.74, 6) is 0.0350. The molecule has 1 aliphatic carbocycles. The number of carbonyl (C=O) groups is 2. The smallest absolute Gasteiger partial charge is 0.237 e. The maximum absolute atomic E-state index is 12.4. The third kappa shape index (κ3) is 1.91. The number of benzene rings is 1. The maximum atomic E-state index is 12.4. The number of rotatable bonds is 1. The van der Waals surface area contributed by atoms with E-state index in [-0.39, 0.29) is 29.4 Å². The molecule has 100 valence electrons. The zero-order valence-corrected chi connectivity index (χ0v) is 10.9. The second kappa shape index (κ2) is 4.37. The molecule has 1 saturated carbocycles. The molecule has 19 heavy (non-hydrogen) atoms. The first-order valence-electron chi connectivity index (χ1n) is 6.75. The predicted octanol–water partition coefficient (Wildman–Crippen LogP) is 2.32. The number of phenolic OH excluding ortho intramolecular Hbond substituents is 1. The van der Waals surface area contributed by atoms with Crippen molar-refractivity contribution in [2.24, 2.45) is 17.8 Å². The lowest BCUT2D eigenvalue weighted by Gasteiger charge is -2.25. The summed E-state index contributed by atoms with van der Waals surface area (Å²) in [6.45, 7) is 2.13. The van der Waals surface area contributed by atoms with Crippen molar-refractivity contribution in [2.45, 2.75) is 26.2 Å².